The van der Waals surface area contributed by atoms with Gasteiger partial charge in [0.15, 0.2) is 0 Å². The van der Waals surface area contributed by atoms with Crippen molar-refractivity contribution in [3.8, 4) is 5.75 Å². The van der Waals surface area contributed by atoms with Crippen molar-refractivity contribution < 1.29 is 9.53 Å². The van der Waals surface area contributed by atoms with Gasteiger partial charge in [-0.05, 0) is 50.0 Å². The molecule has 0 spiro atoms. The molecule has 1 aromatic rings. The van der Waals surface area contributed by atoms with Crippen molar-refractivity contribution in [1.82, 2.24) is 5.32 Å². The number of carbonyl (C=O) groups is 1. The number of nitrogens with one attached hydrogen (secondary N) is 1. The first-order chi connectivity index (χ1) is 10.2. The van der Waals surface area contributed by atoms with Gasteiger partial charge >= 0.3 is 0 Å². The van der Waals surface area contributed by atoms with E-state index in [-0.39, 0.29) is 5.91 Å². The molecule has 0 saturated heterocycles. The SMILES string of the molecule is COc1ccccc1CC(=O)N[C@@H](C)[C@H]1C[C@H]2CC[C@H]1C2. The summed E-state index contributed by atoms with van der Waals surface area (Å²) in [7, 11) is 1.65. The minimum absolute atomic E-state index is 0.106. The van der Waals surface area contributed by atoms with Gasteiger partial charge in [0, 0.05) is 11.6 Å². The number of methoxy groups -OCH3 is 1. The zero-order valence-electron chi connectivity index (χ0n) is 13.0. The average molecular weight is 287 g/mol. The van der Waals surface area contributed by atoms with Gasteiger partial charge in [-0.3, -0.25) is 4.79 Å². The first-order valence-corrected chi connectivity index (χ1v) is 8.08. The molecule has 114 valence electrons. The topological polar surface area (TPSA) is 38.3 Å². The molecule has 2 aliphatic carbocycles. The maximum absolute atomic E-state index is 12.3. The van der Waals surface area contributed by atoms with Crippen LogP contribution in [0.2, 0.25) is 0 Å². The Bertz CT molecular complexity index is 514. The Kier molecular flexibility index (Phi) is 4.18. The molecule has 0 aliphatic heterocycles. The van der Waals surface area contributed by atoms with Crippen LogP contribution >= 0.6 is 0 Å². The molecular weight excluding hydrogens is 262 g/mol. The lowest BCUT2D eigenvalue weighted by Gasteiger charge is -2.28. The Balaban J connectivity index is 1.56. The maximum Gasteiger partial charge on any atom is 0.224 e. The Labute approximate surface area is 127 Å². The second-order valence-corrected chi connectivity index (χ2v) is 6.68. The largest absolute Gasteiger partial charge is 0.496 e. The summed E-state index contributed by atoms with van der Waals surface area (Å²) in [6, 6.07) is 8.04. The van der Waals surface area contributed by atoms with Gasteiger partial charge in [-0.25, -0.2) is 0 Å². The van der Waals surface area contributed by atoms with Gasteiger partial charge in [-0.15, -0.1) is 0 Å². The summed E-state index contributed by atoms with van der Waals surface area (Å²) in [5.41, 5.74) is 0.956. The van der Waals surface area contributed by atoms with Crippen LogP contribution in [0.15, 0.2) is 24.3 Å². The standard InChI is InChI=1S/C18H25NO2/c1-12(16-10-13-7-8-14(16)9-13)19-18(20)11-15-5-3-4-6-17(15)21-2/h3-6,12-14,16H,7-11H2,1-2H3,(H,19,20)/t12-,13-,14-,16+/m0/s1. The lowest BCUT2D eigenvalue weighted by molar-refractivity contribution is -0.121. The summed E-state index contributed by atoms with van der Waals surface area (Å²) in [5.74, 6) is 3.35. The van der Waals surface area contributed by atoms with E-state index < -0.39 is 0 Å². The average Bonchev–Trinajstić information content (AvgIpc) is 3.10. The summed E-state index contributed by atoms with van der Waals surface area (Å²) in [4.78, 5) is 12.3. The molecule has 1 amide bonds. The van der Waals surface area contributed by atoms with Crippen LogP contribution in [0.4, 0.5) is 0 Å². The van der Waals surface area contributed by atoms with E-state index in [1.807, 2.05) is 24.3 Å². The van der Waals surface area contributed by atoms with E-state index in [1.165, 1.54) is 25.7 Å². The second kappa shape index (κ2) is 6.08. The zero-order valence-corrected chi connectivity index (χ0v) is 13.0. The van der Waals surface area contributed by atoms with E-state index in [0.717, 1.165) is 23.1 Å². The van der Waals surface area contributed by atoms with E-state index in [9.17, 15) is 4.79 Å². The van der Waals surface area contributed by atoms with Gasteiger partial charge in [-0.1, -0.05) is 24.6 Å². The first kappa shape index (κ1) is 14.4. The van der Waals surface area contributed by atoms with Crippen molar-refractivity contribution in [1.29, 1.82) is 0 Å². The van der Waals surface area contributed by atoms with Gasteiger partial charge < -0.3 is 10.1 Å². The number of fused-ring (bicyclic) bond motifs is 2. The number of ether oxygens (including phenoxy) is 1. The maximum atomic E-state index is 12.3. The van der Waals surface area contributed by atoms with Gasteiger partial charge in [0.1, 0.15) is 5.75 Å². The normalized spacial score (nSPS) is 28.4. The van der Waals surface area contributed by atoms with Crippen LogP contribution in [0.3, 0.4) is 0 Å². The molecule has 3 rings (SSSR count). The van der Waals surface area contributed by atoms with Crippen LogP contribution in [0, 0.1) is 17.8 Å². The number of para-hydroxylation sites is 1. The minimum atomic E-state index is 0.106. The van der Waals surface area contributed by atoms with E-state index in [1.54, 1.807) is 7.11 Å². The zero-order chi connectivity index (χ0) is 14.8. The number of benzene rings is 1. The van der Waals surface area contributed by atoms with Crippen molar-refractivity contribution in [3.05, 3.63) is 29.8 Å². The summed E-state index contributed by atoms with van der Waals surface area (Å²) in [6.45, 7) is 2.17. The molecule has 2 bridgehead atoms. The Morgan fingerprint density at radius 3 is 2.81 bits per heavy atom. The predicted octanol–water partition coefficient (Wildman–Crippen LogP) is 3.18. The molecule has 0 unspecified atom stereocenters. The van der Waals surface area contributed by atoms with Crippen molar-refractivity contribution in [2.75, 3.05) is 7.11 Å². The summed E-state index contributed by atoms with van der Waals surface area (Å²) < 4.78 is 5.31. The Morgan fingerprint density at radius 1 is 1.33 bits per heavy atom. The number of amides is 1. The number of rotatable bonds is 5. The highest BCUT2D eigenvalue weighted by molar-refractivity contribution is 5.79. The van der Waals surface area contributed by atoms with E-state index >= 15 is 0 Å². The van der Waals surface area contributed by atoms with Crippen LogP contribution in [0.25, 0.3) is 0 Å². The highest BCUT2D eigenvalue weighted by Crippen LogP contribution is 2.49. The second-order valence-electron chi connectivity index (χ2n) is 6.68. The van der Waals surface area contributed by atoms with Crippen LogP contribution in [0.1, 0.15) is 38.2 Å². The molecule has 2 saturated carbocycles. The van der Waals surface area contributed by atoms with Crippen molar-refractivity contribution in [3.63, 3.8) is 0 Å². The third-order valence-electron chi connectivity index (χ3n) is 5.37. The molecule has 3 heteroatoms. The fourth-order valence-electron chi connectivity index (χ4n) is 4.34. The summed E-state index contributed by atoms with van der Waals surface area (Å²) >= 11 is 0. The molecule has 2 aliphatic rings. The lowest BCUT2D eigenvalue weighted by atomic mass is 9.84. The molecule has 1 N–H and O–H groups in total. The monoisotopic (exact) mass is 287 g/mol. The Hall–Kier alpha value is -1.51. The molecule has 1 aromatic carbocycles. The molecule has 2 fully saturated rings. The molecule has 0 aromatic heterocycles. The lowest BCUT2D eigenvalue weighted by Crippen LogP contribution is -2.40. The minimum Gasteiger partial charge on any atom is -0.496 e. The summed E-state index contributed by atoms with van der Waals surface area (Å²) in [6.07, 6.45) is 5.86. The van der Waals surface area contributed by atoms with E-state index in [4.69, 9.17) is 4.74 Å². The Morgan fingerprint density at radius 2 is 2.14 bits per heavy atom. The number of carbonyl (C=O) groups excluding carboxylic acids is 1. The molecule has 0 radical (unpaired) electrons. The molecular formula is C18H25NO2. The molecule has 0 heterocycles. The third kappa shape index (κ3) is 3.07. The van der Waals surface area contributed by atoms with Crippen molar-refractivity contribution in [2.45, 2.75) is 45.1 Å². The molecule has 3 nitrogen and oxygen atoms in total. The van der Waals surface area contributed by atoms with Crippen LogP contribution in [-0.4, -0.2) is 19.1 Å². The van der Waals surface area contributed by atoms with Gasteiger partial charge in [0.05, 0.1) is 13.5 Å². The van der Waals surface area contributed by atoms with Crippen LogP contribution in [0.5, 0.6) is 5.75 Å². The van der Waals surface area contributed by atoms with E-state index in [2.05, 4.69) is 12.2 Å². The number of hydrogen-bond acceptors (Lipinski definition) is 2. The highest BCUT2D eigenvalue weighted by Gasteiger charge is 2.42. The quantitative estimate of drug-likeness (QED) is 0.903. The molecule has 21 heavy (non-hydrogen) atoms. The van der Waals surface area contributed by atoms with Crippen molar-refractivity contribution >= 4 is 5.91 Å². The number of hydrogen-bond donors (Lipinski definition) is 1. The van der Waals surface area contributed by atoms with Gasteiger partial charge in [0.25, 0.3) is 0 Å². The third-order valence-corrected chi connectivity index (χ3v) is 5.37. The summed E-state index contributed by atoms with van der Waals surface area (Å²) in [5, 5.41) is 3.21. The van der Waals surface area contributed by atoms with E-state index in [0.29, 0.717) is 18.4 Å². The highest BCUT2D eigenvalue weighted by atomic mass is 16.5. The van der Waals surface area contributed by atoms with Crippen LogP contribution < -0.4 is 10.1 Å². The fraction of sp³-hybridized carbons (Fsp3) is 0.611. The first-order valence-electron chi connectivity index (χ1n) is 8.08. The van der Waals surface area contributed by atoms with Crippen molar-refractivity contribution in [2.24, 2.45) is 17.8 Å². The molecule has 4 atom stereocenters. The van der Waals surface area contributed by atoms with Gasteiger partial charge in [0.2, 0.25) is 5.91 Å². The predicted molar refractivity (Wildman–Crippen MR) is 83.2 cm³/mol. The van der Waals surface area contributed by atoms with Crippen LogP contribution in [-0.2, 0) is 11.2 Å². The smallest absolute Gasteiger partial charge is 0.224 e. The fourth-order valence-corrected chi connectivity index (χ4v) is 4.34. The van der Waals surface area contributed by atoms with Gasteiger partial charge in [-0.2, -0.15) is 0 Å².